The summed E-state index contributed by atoms with van der Waals surface area (Å²) in [5.41, 5.74) is 0.658. The van der Waals surface area contributed by atoms with E-state index in [0.29, 0.717) is 33.7 Å². The molecule has 1 aromatic carbocycles. The minimum atomic E-state index is -0.365. The first kappa shape index (κ1) is 14.0. The van der Waals surface area contributed by atoms with Crippen LogP contribution in [0.3, 0.4) is 0 Å². The standard InChI is InChI=1S/C13H12Cl2N2O2/c1-3-11(7(2)18)13-16-12(17-19-13)8-4-9(14)6-10(15)5-8/h4-6,11H,3H2,1-2H3. The van der Waals surface area contributed by atoms with Crippen LogP contribution in [-0.4, -0.2) is 15.9 Å². The summed E-state index contributed by atoms with van der Waals surface area (Å²) >= 11 is 11.8. The van der Waals surface area contributed by atoms with E-state index in [1.54, 1.807) is 18.2 Å². The Morgan fingerprint density at radius 3 is 2.47 bits per heavy atom. The predicted molar refractivity (Wildman–Crippen MR) is 73.5 cm³/mol. The smallest absolute Gasteiger partial charge is 0.237 e. The highest BCUT2D eigenvalue weighted by Gasteiger charge is 2.22. The van der Waals surface area contributed by atoms with E-state index in [9.17, 15) is 4.79 Å². The van der Waals surface area contributed by atoms with Gasteiger partial charge in [-0.05, 0) is 31.5 Å². The average Bonchev–Trinajstić information content (AvgIpc) is 2.77. The Hall–Kier alpha value is -1.39. The summed E-state index contributed by atoms with van der Waals surface area (Å²) in [6.07, 6.45) is 0.618. The Kier molecular flexibility index (Phi) is 4.22. The lowest BCUT2D eigenvalue weighted by Crippen LogP contribution is -2.07. The Balaban J connectivity index is 2.37. The van der Waals surface area contributed by atoms with Crippen LogP contribution in [0.25, 0.3) is 11.4 Å². The van der Waals surface area contributed by atoms with E-state index in [1.807, 2.05) is 6.92 Å². The molecule has 0 amide bonds. The summed E-state index contributed by atoms with van der Waals surface area (Å²) in [5.74, 6) is 0.331. The van der Waals surface area contributed by atoms with E-state index in [4.69, 9.17) is 27.7 Å². The highest BCUT2D eigenvalue weighted by atomic mass is 35.5. The van der Waals surface area contributed by atoms with Crippen LogP contribution in [0.5, 0.6) is 0 Å². The number of nitrogens with zero attached hydrogens (tertiary/aromatic N) is 2. The van der Waals surface area contributed by atoms with Crippen LogP contribution in [0, 0.1) is 0 Å². The van der Waals surface area contributed by atoms with Gasteiger partial charge >= 0.3 is 0 Å². The SMILES string of the molecule is CCC(C(C)=O)c1nc(-c2cc(Cl)cc(Cl)c2)no1. The molecular weight excluding hydrogens is 287 g/mol. The van der Waals surface area contributed by atoms with Gasteiger partial charge in [-0.1, -0.05) is 35.3 Å². The number of halogens is 2. The number of ketones is 1. The van der Waals surface area contributed by atoms with Crippen molar-refractivity contribution in [2.24, 2.45) is 0 Å². The van der Waals surface area contributed by atoms with Crippen molar-refractivity contribution in [3.8, 4) is 11.4 Å². The molecule has 0 fully saturated rings. The first-order valence-corrected chi connectivity index (χ1v) is 6.57. The van der Waals surface area contributed by atoms with Gasteiger partial charge in [0, 0.05) is 15.6 Å². The van der Waals surface area contributed by atoms with E-state index in [0.717, 1.165) is 0 Å². The van der Waals surface area contributed by atoms with Crippen LogP contribution in [0.2, 0.25) is 10.0 Å². The lowest BCUT2D eigenvalue weighted by Gasteiger charge is -2.03. The van der Waals surface area contributed by atoms with Crippen molar-refractivity contribution >= 4 is 29.0 Å². The van der Waals surface area contributed by atoms with Crippen LogP contribution in [0.4, 0.5) is 0 Å². The van der Waals surface area contributed by atoms with Gasteiger partial charge in [-0.15, -0.1) is 0 Å². The molecule has 4 nitrogen and oxygen atoms in total. The zero-order valence-corrected chi connectivity index (χ0v) is 12.0. The molecule has 6 heteroatoms. The van der Waals surface area contributed by atoms with Gasteiger partial charge in [0.1, 0.15) is 5.78 Å². The van der Waals surface area contributed by atoms with E-state index in [-0.39, 0.29) is 11.7 Å². The van der Waals surface area contributed by atoms with Crippen molar-refractivity contribution in [1.82, 2.24) is 10.1 Å². The van der Waals surface area contributed by atoms with Crippen molar-refractivity contribution in [3.05, 3.63) is 34.1 Å². The van der Waals surface area contributed by atoms with Crippen molar-refractivity contribution < 1.29 is 9.32 Å². The van der Waals surface area contributed by atoms with Crippen molar-refractivity contribution in [3.63, 3.8) is 0 Å². The molecule has 1 atom stereocenters. The number of benzene rings is 1. The fourth-order valence-electron chi connectivity index (χ4n) is 1.81. The van der Waals surface area contributed by atoms with Crippen LogP contribution >= 0.6 is 23.2 Å². The molecule has 0 bridgehead atoms. The average molecular weight is 299 g/mol. The number of carbonyl (C=O) groups is 1. The molecule has 1 aromatic heterocycles. The number of carbonyl (C=O) groups excluding carboxylic acids is 1. The van der Waals surface area contributed by atoms with Gasteiger partial charge in [0.15, 0.2) is 0 Å². The first-order chi connectivity index (χ1) is 9.01. The molecule has 0 saturated carbocycles. The van der Waals surface area contributed by atoms with E-state index >= 15 is 0 Å². The summed E-state index contributed by atoms with van der Waals surface area (Å²) in [6.45, 7) is 3.40. The van der Waals surface area contributed by atoms with E-state index < -0.39 is 0 Å². The fraction of sp³-hybridized carbons (Fsp3) is 0.308. The van der Waals surface area contributed by atoms with Gasteiger partial charge in [0.05, 0.1) is 5.92 Å². The van der Waals surface area contributed by atoms with E-state index in [2.05, 4.69) is 10.1 Å². The van der Waals surface area contributed by atoms with Crippen molar-refractivity contribution in [2.45, 2.75) is 26.2 Å². The molecular formula is C13H12Cl2N2O2. The molecule has 19 heavy (non-hydrogen) atoms. The third-order valence-corrected chi connectivity index (χ3v) is 3.20. The van der Waals surface area contributed by atoms with Gasteiger partial charge in [0.2, 0.25) is 11.7 Å². The van der Waals surface area contributed by atoms with Crippen molar-refractivity contribution in [2.75, 3.05) is 0 Å². The quantitative estimate of drug-likeness (QED) is 0.852. The number of aromatic nitrogens is 2. The predicted octanol–water partition coefficient (Wildman–Crippen LogP) is 4.13. The lowest BCUT2D eigenvalue weighted by atomic mass is 10.0. The second-order valence-electron chi connectivity index (χ2n) is 4.19. The maximum absolute atomic E-state index is 11.5. The topological polar surface area (TPSA) is 56.0 Å². The number of hydrogen-bond acceptors (Lipinski definition) is 4. The van der Waals surface area contributed by atoms with Gasteiger partial charge in [-0.2, -0.15) is 4.98 Å². The highest BCUT2D eigenvalue weighted by Crippen LogP contribution is 2.27. The molecule has 0 radical (unpaired) electrons. The second kappa shape index (κ2) is 5.72. The molecule has 0 aliphatic rings. The summed E-state index contributed by atoms with van der Waals surface area (Å²) in [6, 6.07) is 5.01. The minimum absolute atomic E-state index is 0.00169. The Bertz CT molecular complexity index is 590. The fourth-order valence-corrected chi connectivity index (χ4v) is 2.34. The first-order valence-electron chi connectivity index (χ1n) is 5.81. The molecule has 2 aromatic rings. The van der Waals surface area contributed by atoms with Gasteiger partial charge in [-0.3, -0.25) is 4.79 Å². The Morgan fingerprint density at radius 2 is 1.95 bits per heavy atom. The Labute approximate surface area is 120 Å². The molecule has 0 aliphatic carbocycles. The normalized spacial score (nSPS) is 12.4. The molecule has 1 heterocycles. The van der Waals surface area contributed by atoms with Crippen molar-refractivity contribution in [1.29, 1.82) is 0 Å². The minimum Gasteiger partial charge on any atom is -0.338 e. The summed E-state index contributed by atoms with van der Waals surface area (Å²) in [5, 5.41) is 4.85. The molecule has 0 saturated heterocycles. The molecule has 2 rings (SSSR count). The zero-order chi connectivity index (χ0) is 14.0. The van der Waals surface area contributed by atoms with Gasteiger partial charge in [0.25, 0.3) is 0 Å². The molecule has 0 N–H and O–H groups in total. The largest absolute Gasteiger partial charge is 0.338 e. The van der Waals surface area contributed by atoms with Crippen LogP contribution < -0.4 is 0 Å². The highest BCUT2D eigenvalue weighted by molar-refractivity contribution is 6.35. The van der Waals surface area contributed by atoms with Gasteiger partial charge < -0.3 is 4.52 Å². The monoisotopic (exact) mass is 298 g/mol. The number of rotatable bonds is 4. The zero-order valence-electron chi connectivity index (χ0n) is 10.5. The second-order valence-corrected chi connectivity index (χ2v) is 5.06. The summed E-state index contributed by atoms with van der Waals surface area (Å²) in [7, 11) is 0. The molecule has 0 aliphatic heterocycles. The molecule has 0 spiro atoms. The number of Topliss-reactive ketones (excluding diaryl/α,β-unsaturated/α-hetero) is 1. The van der Waals surface area contributed by atoms with Crippen LogP contribution in [0.15, 0.2) is 22.7 Å². The van der Waals surface area contributed by atoms with Crippen LogP contribution in [-0.2, 0) is 4.79 Å². The van der Waals surface area contributed by atoms with E-state index in [1.165, 1.54) is 6.92 Å². The maximum Gasteiger partial charge on any atom is 0.237 e. The summed E-state index contributed by atoms with van der Waals surface area (Å²) in [4.78, 5) is 15.7. The van der Waals surface area contributed by atoms with Crippen LogP contribution in [0.1, 0.15) is 32.1 Å². The number of hydrogen-bond donors (Lipinski definition) is 0. The van der Waals surface area contributed by atoms with Gasteiger partial charge in [-0.25, -0.2) is 0 Å². The Morgan fingerprint density at radius 1 is 1.32 bits per heavy atom. The molecule has 1 unspecified atom stereocenters. The maximum atomic E-state index is 11.5. The summed E-state index contributed by atoms with van der Waals surface area (Å²) < 4.78 is 5.15. The third-order valence-electron chi connectivity index (χ3n) is 2.76. The molecule has 100 valence electrons. The third kappa shape index (κ3) is 3.14. The lowest BCUT2D eigenvalue weighted by molar-refractivity contribution is -0.119.